The van der Waals surface area contributed by atoms with Gasteiger partial charge in [0.2, 0.25) is 5.91 Å². The van der Waals surface area contributed by atoms with E-state index in [1.807, 2.05) is 18.4 Å². The molecule has 0 aliphatic rings. The van der Waals surface area contributed by atoms with Gasteiger partial charge in [-0.15, -0.1) is 10.2 Å². The topological polar surface area (TPSA) is 106 Å². The fourth-order valence-corrected chi connectivity index (χ4v) is 4.39. The second-order valence-corrected chi connectivity index (χ2v) is 9.22. The van der Waals surface area contributed by atoms with Crippen molar-refractivity contribution >= 4 is 39.1 Å². The Kier molecular flexibility index (Phi) is 6.73. The lowest BCUT2D eigenvalue weighted by atomic mass is 10.3. The van der Waals surface area contributed by atoms with Crippen LogP contribution < -0.4 is 10.0 Å². The van der Waals surface area contributed by atoms with Crippen molar-refractivity contribution < 1.29 is 17.6 Å². The van der Waals surface area contributed by atoms with Crippen LogP contribution in [0.25, 0.3) is 0 Å². The van der Waals surface area contributed by atoms with Gasteiger partial charge in [0.1, 0.15) is 12.1 Å². The normalized spacial score (nSPS) is 11.5. The Morgan fingerprint density at radius 1 is 1.17 bits per heavy atom. The van der Waals surface area contributed by atoms with E-state index in [-0.39, 0.29) is 28.3 Å². The first-order valence-electron chi connectivity index (χ1n) is 8.95. The van der Waals surface area contributed by atoms with Crippen LogP contribution in [0.4, 0.5) is 15.8 Å². The van der Waals surface area contributed by atoms with Gasteiger partial charge in [-0.25, -0.2) is 12.8 Å². The molecule has 2 N–H and O–H groups in total. The van der Waals surface area contributed by atoms with Crippen molar-refractivity contribution in [3.63, 3.8) is 0 Å². The van der Waals surface area contributed by atoms with Crippen molar-refractivity contribution in [1.29, 1.82) is 0 Å². The van der Waals surface area contributed by atoms with Gasteiger partial charge in [-0.2, -0.15) is 0 Å². The number of halogens is 1. The molecule has 2 aromatic carbocycles. The second kappa shape index (κ2) is 9.26. The Morgan fingerprint density at radius 2 is 1.90 bits per heavy atom. The van der Waals surface area contributed by atoms with Gasteiger partial charge in [0.05, 0.1) is 16.3 Å². The zero-order chi connectivity index (χ0) is 21.7. The quantitative estimate of drug-likeness (QED) is 0.510. The zero-order valence-electron chi connectivity index (χ0n) is 16.2. The number of carbonyl (C=O) groups is 1. The molecule has 0 unspecified atom stereocenters. The van der Waals surface area contributed by atoms with Crippen LogP contribution in [0.1, 0.15) is 19.9 Å². The lowest BCUT2D eigenvalue weighted by molar-refractivity contribution is -0.113. The Hall–Kier alpha value is -2.92. The van der Waals surface area contributed by atoms with E-state index in [0.29, 0.717) is 10.8 Å². The van der Waals surface area contributed by atoms with Crippen molar-refractivity contribution in [3.8, 4) is 0 Å². The molecule has 0 fully saturated rings. The van der Waals surface area contributed by atoms with Gasteiger partial charge >= 0.3 is 0 Å². The van der Waals surface area contributed by atoms with E-state index >= 15 is 0 Å². The van der Waals surface area contributed by atoms with Crippen molar-refractivity contribution in [2.75, 3.05) is 15.8 Å². The molecule has 0 atom stereocenters. The molecular weight excluding hydrogens is 429 g/mol. The number of carbonyl (C=O) groups excluding carboxylic acids is 1. The average Bonchev–Trinajstić information content (AvgIpc) is 3.15. The molecule has 0 aliphatic carbocycles. The highest BCUT2D eigenvalue weighted by atomic mass is 32.2. The number of hydrogen-bond acceptors (Lipinski definition) is 6. The molecule has 30 heavy (non-hydrogen) atoms. The van der Waals surface area contributed by atoms with Crippen molar-refractivity contribution in [3.05, 3.63) is 60.7 Å². The number of thioether (sulfide) groups is 1. The number of hydrogen-bond donors (Lipinski definition) is 2. The van der Waals surface area contributed by atoms with Gasteiger partial charge in [-0.05, 0) is 56.3 Å². The summed E-state index contributed by atoms with van der Waals surface area (Å²) >= 11 is 1.26. The number of aromatic nitrogens is 3. The number of nitrogens with one attached hydrogen (secondary N) is 2. The first kappa shape index (κ1) is 21.8. The summed E-state index contributed by atoms with van der Waals surface area (Å²) in [6, 6.07) is 11.0. The van der Waals surface area contributed by atoms with E-state index in [9.17, 15) is 17.6 Å². The van der Waals surface area contributed by atoms with Crippen molar-refractivity contribution in [2.24, 2.45) is 0 Å². The monoisotopic (exact) mass is 449 g/mol. The molecule has 3 rings (SSSR count). The number of rotatable bonds is 8. The first-order chi connectivity index (χ1) is 14.2. The van der Waals surface area contributed by atoms with Gasteiger partial charge in [0.15, 0.2) is 5.16 Å². The molecule has 0 saturated heterocycles. The summed E-state index contributed by atoms with van der Waals surface area (Å²) in [4.78, 5) is 12.2. The summed E-state index contributed by atoms with van der Waals surface area (Å²) in [5, 5.41) is 11.2. The smallest absolute Gasteiger partial charge is 0.261 e. The minimum Gasteiger partial charge on any atom is -0.325 e. The zero-order valence-corrected chi connectivity index (χ0v) is 17.9. The summed E-state index contributed by atoms with van der Waals surface area (Å²) in [6.07, 6.45) is 1.61. The summed E-state index contributed by atoms with van der Waals surface area (Å²) < 4.78 is 42.3. The third kappa shape index (κ3) is 5.57. The molecule has 0 spiro atoms. The number of benzene rings is 2. The average molecular weight is 450 g/mol. The molecule has 0 aliphatic heterocycles. The fourth-order valence-electron chi connectivity index (χ4n) is 2.50. The van der Waals surface area contributed by atoms with E-state index < -0.39 is 15.8 Å². The highest BCUT2D eigenvalue weighted by molar-refractivity contribution is 7.99. The van der Waals surface area contributed by atoms with Crippen molar-refractivity contribution in [2.45, 2.75) is 29.9 Å². The summed E-state index contributed by atoms with van der Waals surface area (Å²) in [7, 11) is -3.88. The third-order valence-corrected chi connectivity index (χ3v) is 6.31. The van der Waals surface area contributed by atoms with E-state index in [2.05, 4.69) is 20.2 Å². The van der Waals surface area contributed by atoms with Gasteiger partial charge < -0.3 is 9.88 Å². The summed E-state index contributed by atoms with van der Waals surface area (Å²) in [6.45, 7) is 3.98. The second-order valence-electron chi connectivity index (χ2n) is 6.59. The van der Waals surface area contributed by atoms with Crippen molar-refractivity contribution in [1.82, 2.24) is 14.8 Å². The number of amides is 1. The maximum Gasteiger partial charge on any atom is 0.261 e. The highest BCUT2D eigenvalue weighted by Gasteiger charge is 2.15. The van der Waals surface area contributed by atoms with Crippen LogP contribution in [0, 0.1) is 5.82 Å². The van der Waals surface area contributed by atoms with Gasteiger partial charge in [0, 0.05) is 11.7 Å². The lowest BCUT2D eigenvalue weighted by Crippen LogP contribution is -2.16. The van der Waals surface area contributed by atoms with Crippen LogP contribution >= 0.6 is 11.8 Å². The Labute approximate surface area is 178 Å². The van der Waals surface area contributed by atoms with Crippen LogP contribution in [-0.4, -0.2) is 34.8 Å². The molecule has 0 bridgehead atoms. The molecule has 158 valence electrons. The lowest BCUT2D eigenvalue weighted by Gasteiger charge is -2.10. The number of nitrogens with zero attached hydrogens (tertiary/aromatic N) is 3. The maximum atomic E-state index is 13.2. The van der Waals surface area contributed by atoms with Crippen LogP contribution in [-0.2, 0) is 14.8 Å². The van der Waals surface area contributed by atoms with E-state index in [4.69, 9.17) is 0 Å². The molecule has 0 radical (unpaired) electrons. The molecule has 1 amide bonds. The molecule has 1 heterocycles. The fraction of sp³-hybridized carbons (Fsp3) is 0.211. The Morgan fingerprint density at radius 3 is 2.57 bits per heavy atom. The van der Waals surface area contributed by atoms with Crippen LogP contribution in [0.5, 0.6) is 0 Å². The van der Waals surface area contributed by atoms with Crippen LogP contribution in [0.15, 0.2) is 64.9 Å². The molecule has 3 aromatic rings. The predicted octanol–water partition coefficient (Wildman–Crippen LogP) is 3.53. The first-order valence-corrected chi connectivity index (χ1v) is 11.4. The van der Waals surface area contributed by atoms with E-state index in [1.165, 1.54) is 54.2 Å². The van der Waals surface area contributed by atoms with Gasteiger partial charge in [0.25, 0.3) is 10.0 Å². The minimum atomic E-state index is -3.88. The number of sulfonamides is 1. The largest absolute Gasteiger partial charge is 0.325 e. The van der Waals surface area contributed by atoms with Gasteiger partial charge in [-0.3, -0.25) is 9.52 Å². The molecular formula is C19H20FN5O3S2. The molecule has 11 heteroatoms. The van der Waals surface area contributed by atoms with E-state index in [0.717, 1.165) is 6.07 Å². The number of anilines is 2. The minimum absolute atomic E-state index is 0.0100. The Balaban J connectivity index is 1.59. The highest BCUT2D eigenvalue weighted by Crippen LogP contribution is 2.21. The summed E-state index contributed by atoms with van der Waals surface area (Å²) in [5.74, 6) is -0.670. The SMILES string of the molecule is CC(C)n1cnnc1SCC(=O)Nc1ccc(S(=O)(=O)Nc2cccc(F)c2)cc1. The van der Waals surface area contributed by atoms with Crippen LogP contribution in [0.3, 0.4) is 0 Å². The predicted molar refractivity (Wildman–Crippen MR) is 113 cm³/mol. The van der Waals surface area contributed by atoms with Crippen LogP contribution in [0.2, 0.25) is 0 Å². The molecule has 0 saturated carbocycles. The maximum absolute atomic E-state index is 13.2. The third-order valence-electron chi connectivity index (χ3n) is 3.95. The molecule has 1 aromatic heterocycles. The Bertz CT molecular complexity index is 1130. The summed E-state index contributed by atoms with van der Waals surface area (Å²) in [5.41, 5.74) is 0.578. The standard InChI is InChI=1S/C19H20FN5O3S2/c1-13(2)25-12-21-23-19(25)29-11-18(26)22-15-6-8-17(9-7-15)30(27,28)24-16-5-3-4-14(20)10-16/h3-10,12-13,24H,11H2,1-2H3,(H,22,26). The van der Waals surface area contributed by atoms with E-state index in [1.54, 1.807) is 6.33 Å². The molecule has 8 nitrogen and oxygen atoms in total. The van der Waals surface area contributed by atoms with Gasteiger partial charge in [-0.1, -0.05) is 17.8 Å².